The SMILES string of the molecule is CCOC(=O)c1ccc(NC(C)=O)c(CC(O)CO)c1. The molecule has 6 nitrogen and oxygen atoms in total. The Labute approximate surface area is 117 Å². The third kappa shape index (κ3) is 4.64. The van der Waals surface area contributed by atoms with Crippen molar-refractivity contribution in [3.63, 3.8) is 0 Å². The molecule has 110 valence electrons. The molecular weight excluding hydrogens is 262 g/mol. The van der Waals surface area contributed by atoms with Crippen LogP contribution in [0.1, 0.15) is 29.8 Å². The van der Waals surface area contributed by atoms with E-state index in [1.807, 2.05) is 0 Å². The monoisotopic (exact) mass is 281 g/mol. The Morgan fingerprint density at radius 2 is 2.10 bits per heavy atom. The second kappa shape index (κ2) is 7.62. The first kappa shape index (κ1) is 16.1. The Balaban J connectivity index is 3.06. The summed E-state index contributed by atoms with van der Waals surface area (Å²) in [6, 6.07) is 4.66. The zero-order chi connectivity index (χ0) is 15.1. The Kier molecular flexibility index (Phi) is 6.14. The molecule has 0 fully saturated rings. The molecule has 0 aliphatic carbocycles. The number of nitrogens with one attached hydrogen (secondary N) is 1. The first-order valence-corrected chi connectivity index (χ1v) is 6.34. The molecule has 3 N–H and O–H groups in total. The fourth-order valence-corrected chi connectivity index (χ4v) is 1.73. The van der Waals surface area contributed by atoms with Crippen molar-refractivity contribution in [2.24, 2.45) is 0 Å². The summed E-state index contributed by atoms with van der Waals surface area (Å²) in [4.78, 5) is 22.8. The molecular formula is C14H19NO5. The largest absolute Gasteiger partial charge is 0.462 e. The van der Waals surface area contributed by atoms with Crippen LogP contribution in [0.3, 0.4) is 0 Å². The average molecular weight is 281 g/mol. The first-order valence-electron chi connectivity index (χ1n) is 6.34. The number of amides is 1. The molecule has 1 rings (SSSR count). The standard InChI is InChI=1S/C14H19NO5/c1-3-20-14(19)10-4-5-13(15-9(2)17)11(6-10)7-12(18)8-16/h4-6,12,16,18H,3,7-8H2,1-2H3,(H,15,17). The summed E-state index contributed by atoms with van der Waals surface area (Å²) in [6.07, 6.45) is -0.834. The smallest absolute Gasteiger partial charge is 0.338 e. The highest BCUT2D eigenvalue weighted by Gasteiger charge is 2.14. The first-order chi connectivity index (χ1) is 9.47. The quantitative estimate of drug-likeness (QED) is 0.668. The van der Waals surface area contributed by atoms with Crippen molar-refractivity contribution in [3.8, 4) is 0 Å². The molecule has 0 saturated carbocycles. The second-order valence-electron chi connectivity index (χ2n) is 4.31. The lowest BCUT2D eigenvalue weighted by atomic mass is 10.0. The van der Waals surface area contributed by atoms with Gasteiger partial charge in [0.05, 0.1) is 24.9 Å². The third-order valence-corrected chi connectivity index (χ3v) is 2.59. The number of aliphatic hydroxyl groups is 2. The highest BCUT2D eigenvalue weighted by molar-refractivity contribution is 5.93. The number of ether oxygens (including phenoxy) is 1. The van der Waals surface area contributed by atoms with Crippen LogP contribution in [0.5, 0.6) is 0 Å². The van der Waals surface area contributed by atoms with Crippen LogP contribution in [0, 0.1) is 0 Å². The van der Waals surface area contributed by atoms with Crippen LogP contribution in [0.15, 0.2) is 18.2 Å². The second-order valence-corrected chi connectivity index (χ2v) is 4.31. The van der Waals surface area contributed by atoms with Crippen molar-refractivity contribution in [2.45, 2.75) is 26.4 Å². The van der Waals surface area contributed by atoms with Gasteiger partial charge in [0.2, 0.25) is 5.91 Å². The molecule has 0 saturated heterocycles. The van der Waals surface area contributed by atoms with Crippen molar-refractivity contribution in [3.05, 3.63) is 29.3 Å². The number of hydrogen-bond acceptors (Lipinski definition) is 5. The lowest BCUT2D eigenvalue weighted by Crippen LogP contribution is -2.18. The van der Waals surface area contributed by atoms with Crippen molar-refractivity contribution in [1.29, 1.82) is 0 Å². The minimum absolute atomic E-state index is 0.124. The van der Waals surface area contributed by atoms with E-state index in [2.05, 4.69) is 5.32 Å². The van der Waals surface area contributed by atoms with Gasteiger partial charge in [0.25, 0.3) is 0 Å². The number of carbonyl (C=O) groups excluding carboxylic acids is 2. The number of aliphatic hydroxyl groups excluding tert-OH is 2. The van der Waals surface area contributed by atoms with E-state index in [4.69, 9.17) is 9.84 Å². The number of rotatable bonds is 6. The Bertz CT molecular complexity index is 486. The van der Waals surface area contributed by atoms with Crippen LogP contribution < -0.4 is 5.32 Å². The number of anilines is 1. The molecule has 0 bridgehead atoms. The van der Waals surface area contributed by atoms with Crippen molar-refractivity contribution < 1.29 is 24.5 Å². The predicted molar refractivity (Wildman–Crippen MR) is 73.5 cm³/mol. The Morgan fingerprint density at radius 3 is 2.65 bits per heavy atom. The molecule has 0 aliphatic heterocycles. The van der Waals surface area contributed by atoms with Gasteiger partial charge in [-0.1, -0.05) is 0 Å². The molecule has 1 atom stereocenters. The molecule has 1 aromatic carbocycles. The lowest BCUT2D eigenvalue weighted by molar-refractivity contribution is -0.114. The van der Waals surface area contributed by atoms with Crippen molar-refractivity contribution in [1.82, 2.24) is 0 Å². The molecule has 1 unspecified atom stereocenters. The zero-order valence-corrected chi connectivity index (χ0v) is 11.5. The third-order valence-electron chi connectivity index (χ3n) is 2.59. The fraction of sp³-hybridized carbons (Fsp3) is 0.429. The maximum Gasteiger partial charge on any atom is 0.338 e. The molecule has 0 aromatic heterocycles. The molecule has 1 amide bonds. The predicted octanol–water partition coefficient (Wildman–Crippen LogP) is 0.717. The summed E-state index contributed by atoms with van der Waals surface area (Å²) < 4.78 is 4.90. The minimum atomic E-state index is -0.958. The van der Waals surface area contributed by atoms with E-state index in [-0.39, 0.29) is 18.9 Å². The molecule has 0 radical (unpaired) electrons. The van der Waals surface area contributed by atoms with Gasteiger partial charge in [0.15, 0.2) is 0 Å². The van der Waals surface area contributed by atoms with Crippen LogP contribution in [-0.2, 0) is 16.0 Å². The molecule has 1 aromatic rings. The maximum atomic E-state index is 11.7. The van der Waals surface area contributed by atoms with E-state index >= 15 is 0 Å². The minimum Gasteiger partial charge on any atom is -0.462 e. The van der Waals surface area contributed by atoms with E-state index in [9.17, 15) is 14.7 Å². The Morgan fingerprint density at radius 1 is 1.40 bits per heavy atom. The van der Waals surface area contributed by atoms with Gasteiger partial charge >= 0.3 is 5.97 Å². The summed E-state index contributed by atoms with van der Waals surface area (Å²) in [7, 11) is 0. The molecule has 0 spiro atoms. The molecule has 20 heavy (non-hydrogen) atoms. The van der Waals surface area contributed by atoms with E-state index in [1.54, 1.807) is 19.1 Å². The van der Waals surface area contributed by atoms with Crippen LogP contribution >= 0.6 is 0 Å². The lowest BCUT2D eigenvalue weighted by Gasteiger charge is -2.14. The van der Waals surface area contributed by atoms with Gasteiger partial charge in [-0.2, -0.15) is 0 Å². The van der Waals surface area contributed by atoms with Crippen molar-refractivity contribution in [2.75, 3.05) is 18.5 Å². The van der Waals surface area contributed by atoms with Gasteiger partial charge in [-0.15, -0.1) is 0 Å². The Hall–Kier alpha value is -1.92. The number of carbonyl (C=O) groups is 2. The number of hydrogen-bond donors (Lipinski definition) is 3. The van der Waals surface area contributed by atoms with Gasteiger partial charge in [0.1, 0.15) is 0 Å². The van der Waals surface area contributed by atoms with E-state index < -0.39 is 18.7 Å². The van der Waals surface area contributed by atoms with Gasteiger partial charge < -0.3 is 20.3 Å². The summed E-state index contributed by atoms with van der Waals surface area (Å²) in [6.45, 7) is 2.94. The van der Waals surface area contributed by atoms with Gasteiger partial charge in [-0.3, -0.25) is 4.79 Å². The van der Waals surface area contributed by atoms with E-state index in [1.165, 1.54) is 13.0 Å². The van der Waals surface area contributed by atoms with Crippen LogP contribution in [0.25, 0.3) is 0 Å². The molecule has 6 heteroatoms. The van der Waals surface area contributed by atoms with Crippen LogP contribution in [-0.4, -0.2) is 41.4 Å². The highest BCUT2D eigenvalue weighted by atomic mass is 16.5. The van der Waals surface area contributed by atoms with Gasteiger partial charge in [0, 0.05) is 19.0 Å². The van der Waals surface area contributed by atoms with E-state index in [0.717, 1.165) is 0 Å². The highest BCUT2D eigenvalue weighted by Crippen LogP contribution is 2.20. The summed E-state index contributed by atoms with van der Waals surface area (Å²) >= 11 is 0. The zero-order valence-electron chi connectivity index (χ0n) is 11.5. The fourth-order valence-electron chi connectivity index (χ4n) is 1.73. The van der Waals surface area contributed by atoms with E-state index in [0.29, 0.717) is 16.8 Å². The maximum absolute atomic E-state index is 11.7. The van der Waals surface area contributed by atoms with Crippen LogP contribution in [0.4, 0.5) is 5.69 Å². The number of benzene rings is 1. The average Bonchev–Trinajstić information content (AvgIpc) is 2.40. The van der Waals surface area contributed by atoms with Crippen molar-refractivity contribution >= 4 is 17.6 Å². The molecule has 0 aliphatic rings. The summed E-state index contributed by atoms with van der Waals surface area (Å²) in [5.41, 5.74) is 1.39. The summed E-state index contributed by atoms with van der Waals surface area (Å²) in [5.74, 6) is -0.727. The number of esters is 1. The summed E-state index contributed by atoms with van der Waals surface area (Å²) in [5, 5.41) is 21.0. The normalized spacial score (nSPS) is 11.8. The van der Waals surface area contributed by atoms with Crippen LogP contribution in [0.2, 0.25) is 0 Å². The topological polar surface area (TPSA) is 95.9 Å². The van der Waals surface area contributed by atoms with Gasteiger partial charge in [-0.05, 0) is 30.7 Å². The molecule has 0 heterocycles. The van der Waals surface area contributed by atoms with Gasteiger partial charge in [-0.25, -0.2) is 4.79 Å².